The second kappa shape index (κ2) is 5.90. The van der Waals surface area contributed by atoms with Gasteiger partial charge in [0.15, 0.2) is 0 Å². The minimum atomic E-state index is -8.17. The molecule has 0 spiro atoms. The number of halogens is 16. The summed E-state index contributed by atoms with van der Waals surface area (Å²) in [7, 11) is 0. The third-order valence-electron chi connectivity index (χ3n) is 2.57. The Kier molecular flexibility index (Phi) is 5.71. The Bertz CT molecular complexity index is 410. The van der Waals surface area contributed by atoms with Crippen LogP contribution in [-0.2, 0) is 0 Å². The van der Waals surface area contributed by atoms with Crippen LogP contribution >= 0.6 is 11.6 Å². The Balaban J connectivity index is 6.38. The lowest BCUT2D eigenvalue weighted by Crippen LogP contribution is -2.72. The largest absolute Gasteiger partial charge is 0.384 e. The van der Waals surface area contributed by atoms with Crippen LogP contribution in [-0.4, -0.2) is 47.6 Å². The molecule has 0 aliphatic carbocycles. The summed E-state index contributed by atoms with van der Waals surface area (Å²) in [6.07, 6.45) is -5.77. The highest BCUT2D eigenvalue weighted by Gasteiger charge is 2.91. The Morgan fingerprint density at radius 1 is 0.458 bits per heavy atom. The summed E-state index contributed by atoms with van der Waals surface area (Å²) in [5, 5.41) is 0. The summed E-state index contributed by atoms with van der Waals surface area (Å²) in [6.45, 7) is 0. The number of rotatable bonds is 7. The molecule has 146 valence electrons. The second-order valence-corrected chi connectivity index (χ2v) is 4.53. The number of alkyl halides is 16. The topological polar surface area (TPSA) is 0 Å². The molecule has 0 amide bonds. The predicted octanol–water partition coefficient (Wildman–Crippen LogP) is 5.60. The van der Waals surface area contributed by atoms with Crippen LogP contribution in [0, 0.1) is 0 Å². The van der Waals surface area contributed by atoms with Crippen LogP contribution in [0.4, 0.5) is 65.9 Å². The predicted molar refractivity (Wildman–Crippen MR) is 46.4 cm³/mol. The fraction of sp³-hybridized carbons (Fsp3) is 1.00. The maximum atomic E-state index is 12.9. The van der Waals surface area contributed by atoms with Gasteiger partial charge in [-0.2, -0.15) is 52.7 Å². The van der Waals surface area contributed by atoms with Crippen molar-refractivity contribution in [1.82, 2.24) is 0 Å². The lowest BCUT2D eigenvalue weighted by molar-refractivity contribution is -0.434. The summed E-state index contributed by atoms with van der Waals surface area (Å²) in [5.74, 6) is -46.3. The lowest BCUT2D eigenvalue weighted by atomic mass is 9.91. The Morgan fingerprint density at radius 3 is 0.917 bits per heavy atom. The molecule has 0 N–H and O–H groups in total. The van der Waals surface area contributed by atoms with Crippen LogP contribution < -0.4 is 0 Å². The average molecular weight is 419 g/mol. The van der Waals surface area contributed by atoms with E-state index in [0.717, 1.165) is 0 Å². The number of hydrogen-bond acceptors (Lipinski definition) is 0. The van der Waals surface area contributed by atoms with Crippen molar-refractivity contribution in [1.29, 1.82) is 0 Å². The molecule has 0 aromatic carbocycles. The Hall–Kier alpha value is -0.760. The third kappa shape index (κ3) is 2.75. The zero-order valence-electron chi connectivity index (χ0n) is 10.2. The summed E-state index contributed by atoms with van der Waals surface area (Å²) < 4.78 is 187. The second-order valence-electron chi connectivity index (χ2n) is 4.14. The summed E-state index contributed by atoms with van der Waals surface area (Å²) in [5.41, 5.74) is -4.85. The van der Waals surface area contributed by atoms with E-state index in [0.29, 0.717) is 0 Å². The van der Waals surface area contributed by atoms with Crippen molar-refractivity contribution in [2.45, 2.75) is 47.6 Å². The first-order valence-electron chi connectivity index (χ1n) is 4.97. The fourth-order valence-electron chi connectivity index (χ4n) is 1.09. The molecule has 0 aromatic rings. The Morgan fingerprint density at radius 2 is 0.708 bits per heavy atom. The molecular formula is C8H2ClF15. The molecule has 0 saturated carbocycles. The van der Waals surface area contributed by atoms with Gasteiger partial charge < -0.3 is 0 Å². The van der Waals surface area contributed by atoms with Gasteiger partial charge in [0.1, 0.15) is 0 Å². The normalized spacial score (nSPS) is 17.4. The highest BCUT2D eigenvalue weighted by atomic mass is 35.5. The van der Waals surface area contributed by atoms with Crippen molar-refractivity contribution in [2.24, 2.45) is 0 Å². The van der Waals surface area contributed by atoms with Crippen LogP contribution in [0.2, 0.25) is 0 Å². The zero-order valence-corrected chi connectivity index (χ0v) is 11.0. The van der Waals surface area contributed by atoms with E-state index in [4.69, 9.17) is 0 Å². The van der Waals surface area contributed by atoms with E-state index in [2.05, 4.69) is 11.6 Å². The third-order valence-corrected chi connectivity index (χ3v) is 2.84. The molecule has 0 aliphatic rings. The summed E-state index contributed by atoms with van der Waals surface area (Å²) >= 11 is 3.73. The smallest absolute Gasteiger partial charge is 0.223 e. The van der Waals surface area contributed by atoms with Crippen LogP contribution in [0.15, 0.2) is 0 Å². The number of hydrogen-bond donors (Lipinski definition) is 0. The van der Waals surface area contributed by atoms with Gasteiger partial charge in [-0.1, -0.05) is 11.6 Å². The van der Waals surface area contributed by atoms with Crippen molar-refractivity contribution >= 4 is 11.6 Å². The van der Waals surface area contributed by atoms with Crippen LogP contribution in [0.1, 0.15) is 0 Å². The van der Waals surface area contributed by atoms with Gasteiger partial charge in [0.2, 0.25) is 5.63 Å². The molecule has 0 heterocycles. The molecule has 1 atom stereocenters. The van der Waals surface area contributed by atoms with E-state index in [1.54, 1.807) is 0 Å². The maximum absolute atomic E-state index is 12.9. The van der Waals surface area contributed by atoms with Crippen molar-refractivity contribution < 1.29 is 65.9 Å². The molecule has 0 aromatic heterocycles. The fourth-order valence-corrected chi connectivity index (χ4v) is 1.22. The van der Waals surface area contributed by atoms with Gasteiger partial charge in [0, 0.05) is 0 Å². The first-order chi connectivity index (χ1) is 10.1. The molecule has 0 aliphatic heterocycles. The van der Waals surface area contributed by atoms with E-state index in [9.17, 15) is 65.9 Å². The van der Waals surface area contributed by atoms with Crippen molar-refractivity contribution in [3.63, 3.8) is 0 Å². The molecule has 0 bridgehead atoms. The average Bonchev–Trinajstić information content (AvgIpc) is 2.36. The van der Waals surface area contributed by atoms with Crippen LogP contribution in [0.25, 0.3) is 0 Å². The molecule has 0 saturated heterocycles. The molecule has 0 radical (unpaired) electrons. The van der Waals surface area contributed by atoms with Gasteiger partial charge in [-0.3, -0.25) is 0 Å². The van der Waals surface area contributed by atoms with Crippen molar-refractivity contribution in [3.05, 3.63) is 0 Å². The van der Waals surface area contributed by atoms with Gasteiger partial charge in [-0.15, -0.1) is 0 Å². The first-order valence-corrected chi connectivity index (χ1v) is 5.40. The van der Waals surface area contributed by atoms with E-state index in [1.165, 1.54) is 0 Å². The van der Waals surface area contributed by atoms with E-state index in [-0.39, 0.29) is 0 Å². The highest BCUT2D eigenvalue weighted by molar-refractivity contribution is 6.20. The molecule has 0 fully saturated rings. The van der Waals surface area contributed by atoms with E-state index in [1.807, 2.05) is 0 Å². The Labute approximate surface area is 126 Å². The minimum absolute atomic E-state index is 3.73. The SMILES string of the molecule is FC(F)C(F)(F)C(F)(F)C(F)(F)C(F)(F)C(F)(F)C(F)(F)C(F)Cl. The minimum Gasteiger partial charge on any atom is -0.223 e. The van der Waals surface area contributed by atoms with E-state index >= 15 is 0 Å². The molecule has 16 heteroatoms. The molecule has 24 heavy (non-hydrogen) atoms. The molecule has 0 nitrogen and oxygen atoms in total. The highest BCUT2D eigenvalue weighted by Crippen LogP contribution is 2.61. The van der Waals surface area contributed by atoms with E-state index < -0.39 is 47.6 Å². The quantitative estimate of drug-likeness (QED) is 0.373. The van der Waals surface area contributed by atoms with Gasteiger partial charge in [0.05, 0.1) is 0 Å². The summed E-state index contributed by atoms with van der Waals surface area (Å²) in [6, 6.07) is 0. The van der Waals surface area contributed by atoms with Gasteiger partial charge in [0.25, 0.3) is 0 Å². The van der Waals surface area contributed by atoms with Crippen molar-refractivity contribution in [3.8, 4) is 0 Å². The van der Waals surface area contributed by atoms with Crippen LogP contribution in [0.5, 0.6) is 0 Å². The zero-order chi connectivity index (χ0) is 20.2. The molecule has 1 unspecified atom stereocenters. The summed E-state index contributed by atoms with van der Waals surface area (Å²) in [4.78, 5) is 0. The van der Waals surface area contributed by atoms with Crippen LogP contribution in [0.3, 0.4) is 0 Å². The monoisotopic (exact) mass is 418 g/mol. The van der Waals surface area contributed by atoms with Gasteiger partial charge in [-0.05, 0) is 0 Å². The molecule has 0 rings (SSSR count). The van der Waals surface area contributed by atoms with Gasteiger partial charge >= 0.3 is 42.0 Å². The van der Waals surface area contributed by atoms with Gasteiger partial charge in [-0.25, -0.2) is 13.2 Å². The first kappa shape index (κ1) is 23.2. The lowest BCUT2D eigenvalue weighted by Gasteiger charge is -2.41. The standard InChI is InChI=1S/C8H2ClF15/c9-1(10)3(13,14)5(17,18)7(21,22)8(23,24)6(19,20)4(15,16)2(11)12/h1-2H. The molecular weight excluding hydrogens is 417 g/mol. The van der Waals surface area contributed by atoms with Crippen molar-refractivity contribution in [2.75, 3.05) is 0 Å². The maximum Gasteiger partial charge on any atom is 0.384 e.